The Morgan fingerprint density at radius 2 is 1.21 bits per heavy atom. The number of hydrogen-bond acceptors (Lipinski definition) is 1. The van der Waals surface area contributed by atoms with Crippen LogP contribution in [0.3, 0.4) is 0 Å². The van der Waals surface area contributed by atoms with E-state index in [1.165, 1.54) is 38.5 Å². The van der Waals surface area contributed by atoms with Crippen LogP contribution in [0.25, 0.3) is 0 Å². The Labute approximate surface area is 90.5 Å². The normalized spacial score (nSPS) is 7.50. The molecule has 0 aliphatic rings. The highest BCUT2D eigenvalue weighted by Crippen LogP contribution is 2.03. The number of carbonyl (C=O) groups is 1. The van der Waals surface area contributed by atoms with Crippen molar-refractivity contribution < 1.29 is 4.79 Å². The lowest BCUT2D eigenvalue weighted by atomic mass is 10.1. The van der Waals surface area contributed by atoms with Gasteiger partial charge in [0, 0.05) is 7.05 Å². The first kappa shape index (κ1) is 19.1. The second-order valence-electron chi connectivity index (χ2n) is 2.82. The van der Waals surface area contributed by atoms with E-state index in [9.17, 15) is 0 Å². The van der Waals surface area contributed by atoms with Crippen LogP contribution < -0.4 is 5.32 Å². The highest BCUT2D eigenvalue weighted by molar-refractivity contribution is 5.44. The van der Waals surface area contributed by atoms with Gasteiger partial charge in [-0.3, -0.25) is 4.79 Å². The molecule has 2 heteroatoms. The molecule has 88 valence electrons. The van der Waals surface area contributed by atoms with Gasteiger partial charge in [-0.2, -0.15) is 0 Å². The molecule has 1 amide bonds. The van der Waals surface area contributed by atoms with Crippen molar-refractivity contribution in [2.45, 2.75) is 66.2 Å². The third-order valence-electron chi connectivity index (χ3n) is 1.57. The van der Waals surface area contributed by atoms with Gasteiger partial charge in [-0.15, -0.1) is 0 Å². The molecule has 0 radical (unpaired) electrons. The van der Waals surface area contributed by atoms with Gasteiger partial charge in [0.05, 0.1) is 0 Å². The first-order valence-corrected chi connectivity index (χ1v) is 5.94. The molecule has 0 heterocycles. The predicted octanol–water partition coefficient (Wildman–Crippen LogP) is 3.76. The van der Waals surface area contributed by atoms with Gasteiger partial charge in [0.2, 0.25) is 6.41 Å². The maximum atomic E-state index is 9.06. The first-order chi connectivity index (χ1) is 6.83. The van der Waals surface area contributed by atoms with Crippen molar-refractivity contribution in [1.82, 2.24) is 5.32 Å². The SMILES string of the molecule is CC.CCCCCCCC.CNC=O. The zero-order chi connectivity index (χ0) is 11.7. The molecule has 2 nitrogen and oxygen atoms in total. The van der Waals surface area contributed by atoms with Crippen LogP contribution in [0.2, 0.25) is 0 Å². The standard InChI is InChI=1S/C8H18.C2H5NO.C2H6/c1-3-5-7-8-6-4-2;1-3-2-4;1-2/h3-8H2,1-2H3;2H,1H3,(H,3,4);1-2H3. The molecule has 0 saturated carbocycles. The smallest absolute Gasteiger partial charge is 0.206 e. The molecule has 0 bridgehead atoms. The molecule has 0 rings (SSSR count). The number of rotatable bonds is 6. The van der Waals surface area contributed by atoms with Crippen molar-refractivity contribution in [3.05, 3.63) is 0 Å². The number of hydrogen-bond donors (Lipinski definition) is 1. The summed E-state index contributed by atoms with van der Waals surface area (Å²) in [5.41, 5.74) is 0. The van der Waals surface area contributed by atoms with E-state index in [1.807, 2.05) is 13.8 Å². The van der Waals surface area contributed by atoms with Crippen molar-refractivity contribution in [3.8, 4) is 0 Å². The lowest BCUT2D eigenvalue weighted by Gasteiger charge is -1.93. The Kier molecular flexibility index (Phi) is 40.1. The van der Waals surface area contributed by atoms with Gasteiger partial charge in [-0.05, 0) is 0 Å². The molecule has 14 heavy (non-hydrogen) atoms. The zero-order valence-electron chi connectivity index (χ0n) is 10.7. The summed E-state index contributed by atoms with van der Waals surface area (Å²) in [5, 5.41) is 2.25. The molecule has 0 aliphatic heterocycles. The van der Waals surface area contributed by atoms with Crippen LogP contribution in [-0.4, -0.2) is 13.5 Å². The second-order valence-corrected chi connectivity index (χ2v) is 2.82. The molecule has 0 saturated heterocycles. The largest absolute Gasteiger partial charge is 0.362 e. The maximum absolute atomic E-state index is 9.06. The summed E-state index contributed by atoms with van der Waals surface area (Å²) in [6.45, 7) is 8.51. The topological polar surface area (TPSA) is 29.1 Å². The Morgan fingerprint density at radius 1 is 0.929 bits per heavy atom. The van der Waals surface area contributed by atoms with Gasteiger partial charge in [-0.1, -0.05) is 66.2 Å². The summed E-state index contributed by atoms with van der Waals surface area (Å²) in [7, 11) is 1.56. The van der Waals surface area contributed by atoms with Gasteiger partial charge in [0.1, 0.15) is 0 Å². The fourth-order valence-corrected chi connectivity index (χ4v) is 0.854. The van der Waals surface area contributed by atoms with Crippen molar-refractivity contribution in [3.63, 3.8) is 0 Å². The third kappa shape index (κ3) is 42.0. The van der Waals surface area contributed by atoms with Crippen molar-refractivity contribution >= 4 is 6.41 Å². The van der Waals surface area contributed by atoms with E-state index in [0.717, 1.165) is 0 Å². The monoisotopic (exact) mass is 203 g/mol. The van der Waals surface area contributed by atoms with Crippen LogP contribution >= 0.6 is 0 Å². The summed E-state index contributed by atoms with van der Waals surface area (Å²) in [5.74, 6) is 0. The van der Waals surface area contributed by atoms with Gasteiger partial charge in [0.15, 0.2) is 0 Å². The Balaban J connectivity index is -0.000000170. The molecule has 0 aromatic heterocycles. The summed E-state index contributed by atoms with van der Waals surface area (Å²) >= 11 is 0. The summed E-state index contributed by atoms with van der Waals surface area (Å²) in [6.07, 6.45) is 9.11. The van der Waals surface area contributed by atoms with Crippen LogP contribution in [0, 0.1) is 0 Å². The molecule has 0 aromatic carbocycles. The Bertz CT molecular complexity index is 68.7. The minimum absolute atomic E-state index is 0.625. The van der Waals surface area contributed by atoms with Crippen LogP contribution in [0.1, 0.15) is 66.2 Å². The van der Waals surface area contributed by atoms with Crippen LogP contribution in [0.4, 0.5) is 0 Å². The molecular weight excluding hydrogens is 174 g/mol. The molecule has 0 unspecified atom stereocenters. The molecule has 0 fully saturated rings. The molecule has 1 N–H and O–H groups in total. The zero-order valence-corrected chi connectivity index (χ0v) is 10.7. The van der Waals surface area contributed by atoms with Crippen LogP contribution in [0.5, 0.6) is 0 Å². The van der Waals surface area contributed by atoms with Gasteiger partial charge >= 0.3 is 0 Å². The Morgan fingerprint density at radius 3 is 1.36 bits per heavy atom. The quantitative estimate of drug-likeness (QED) is 0.517. The van der Waals surface area contributed by atoms with Gasteiger partial charge in [-0.25, -0.2) is 0 Å². The number of amides is 1. The molecular formula is C12H29NO. The fraction of sp³-hybridized carbons (Fsp3) is 0.917. The second kappa shape index (κ2) is 29.4. The van der Waals surface area contributed by atoms with E-state index in [-0.39, 0.29) is 0 Å². The van der Waals surface area contributed by atoms with Gasteiger partial charge < -0.3 is 5.32 Å². The minimum atomic E-state index is 0.625. The third-order valence-corrected chi connectivity index (χ3v) is 1.57. The van der Waals surface area contributed by atoms with Crippen molar-refractivity contribution in [1.29, 1.82) is 0 Å². The van der Waals surface area contributed by atoms with E-state index in [4.69, 9.17) is 4.79 Å². The highest BCUT2D eigenvalue weighted by atomic mass is 16.1. The average Bonchev–Trinajstić information content (AvgIpc) is 2.28. The summed E-state index contributed by atoms with van der Waals surface area (Å²) in [4.78, 5) is 9.06. The molecule has 0 spiro atoms. The lowest BCUT2D eigenvalue weighted by molar-refractivity contribution is -0.109. The van der Waals surface area contributed by atoms with Crippen molar-refractivity contribution in [2.75, 3.05) is 7.05 Å². The van der Waals surface area contributed by atoms with Crippen LogP contribution in [-0.2, 0) is 4.79 Å². The lowest BCUT2D eigenvalue weighted by Crippen LogP contribution is -1.98. The number of unbranched alkanes of at least 4 members (excludes halogenated alkanes) is 5. The van der Waals surface area contributed by atoms with E-state index < -0.39 is 0 Å². The average molecular weight is 203 g/mol. The van der Waals surface area contributed by atoms with Gasteiger partial charge in [0.25, 0.3) is 0 Å². The number of nitrogens with one attached hydrogen (secondary N) is 1. The van der Waals surface area contributed by atoms with E-state index in [1.54, 1.807) is 7.05 Å². The highest BCUT2D eigenvalue weighted by Gasteiger charge is 1.83. The molecule has 0 aliphatic carbocycles. The van der Waals surface area contributed by atoms with Crippen LogP contribution in [0.15, 0.2) is 0 Å². The van der Waals surface area contributed by atoms with Crippen molar-refractivity contribution in [2.24, 2.45) is 0 Å². The minimum Gasteiger partial charge on any atom is -0.362 e. The van der Waals surface area contributed by atoms with E-state index in [2.05, 4.69) is 19.2 Å². The predicted molar refractivity (Wildman–Crippen MR) is 65.5 cm³/mol. The first-order valence-electron chi connectivity index (χ1n) is 5.94. The number of carbonyl (C=O) groups excluding carboxylic acids is 1. The fourth-order valence-electron chi connectivity index (χ4n) is 0.854. The molecule has 0 atom stereocenters. The summed E-state index contributed by atoms with van der Waals surface area (Å²) in [6, 6.07) is 0. The van der Waals surface area contributed by atoms with E-state index >= 15 is 0 Å². The Hall–Kier alpha value is -0.530. The molecule has 0 aromatic rings. The summed E-state index contributed by atoms with van der Waals surface area (Å²) < 4.78 is 0. The van der Waals surface area contributed by atoms with E-state index in [0.29, 0.717) is 6.41 Å². The maximum Gasteiger partial charge on any atom is 0.206 e.